The summed E-state index contributed by atoms with van der Waals surface area (Å²) in [6, 6.07) is 1.96. The molecule has 0 radical (unpaired) electrons. The van der Waals surface area contributed by atoms with Gasteiger partial charge in [-0.15, -0.1) is 12.4 Å². The van der Waals surface area contributed by atoms with E-state index in [0.717, 1.165) is 0 Å². The van der Waals surface area contributed by atoms with Gasteiger partial charge in [-0.05, 0) is 6.92 Å². The Hall–Kier alpha value is -1.02. The quantitative estimate of drug-likeness (QED) is 0.813. The van der Waals surface area contributed by atoms with Gasteiger partial charge in [0.25, 0.3) is 0 Å². The van der Waals surface area contributed by atoms with E-state index in [0.29, 0.717) is 16.9 Å². The minimum atomic E-state index is 0. The van der Waals surface area contributed by atoms with E-state index >= 15 is 0 Å². The molecule has 1 aromatic rings. The molecule has 6 heteroatoms. The fourth-order valence-corrected chi connectivity index (χ4v) is 1.43. The third-order valence-corrected chi connectivity index (χ3v) is 2.16. The van der Waals surface area contributed by atoms with E-state index in [1.807, 2.05) is 6.07 Å². The smallest absolute Gasteiger partial charge is 0.147 e. The number of nitrogens with two attached hydrogens (primary N) is 1. The Morgan fingerprint density at radius 1 is 1.60 bits per heavy atom. The molecule has 0 spiro atoms. The van der Waals surface area contributed by atoms with Crippen LogP contribution in [0.4, 0.5) is 5.69 Å². The number of aryl methyl sites for hydroxylation is 1. The zero-order valence-corrected chi connectivity index (χ0v) is 9.95. The fraction of sp³-hybridized carbons (Fsp3) is 0.333. The Kier molecular flexibility index (Phi) is 5.37. The molecule has 1 heterocycles. The summed E-state index contributed by atoms with van der Waals surface area (Å²) in [7, 11) is 1.53. The van der Waals surface area contributed by atoms with Crippen molar-refractivity contribution in [3.8, 4) is 6.07 Å². The van der Waals surface area contributed by atoms with E-state index in [-0.39, 0.29) is 29.7 Å². The first-order valence-corrected chi connectivity index (χ1v) is 4.33. The fourth-order valence-electron chi connectivity index (χ4n) is 1.15. The Morgan fingerprint density at radius 2 is 2.20 bits per heavy atom. The number of rotatable bonds is 2. The zero-order valence-electron chi connectivity index (χ0n) is 8.37. The van der Waals surface area contributed by atoms with E-state index in [9.17, 15) is 0 Å². The molecule has 2 N–H and O–H groups in total. The molecule has 0 aliphatic heterocycles. The van der Waals surface area contributed by atoms with Gasteiger partial charge < -0.3 is 10.5 Å². The second-order valence-electron chi connectivity index (χ2n) is 2.80. The lowest BCUT2D eigenvalue weighted by molar-refractivity contribution is 0.185. The molecule has 4 nitrogen and oxygen atoms in total. The van der Waals surface area contributed by atoms with Crippen LogP contribution < -0.4 is 5.73 Å². The van der Waals surface area contributed by atoms with Gasteiger partial charge in [0, 0.05) is 12.7 Å². The summed E-state index contributed by atoms with van der Waals surface area (Å²) in [6.07, 6.45) is 0. The zero-order chi connectivity index (χ0) is 10.7. The molecule has 0 amide bonds. The van der Waals surface area contributed by atoms with Crippen LogP contribution in [0.1, 0.15) is 16.8 Å². The number of halogens is 2. The molecule has 0 saturated heterocycles. The largest absolute Gasteiger partial charge is 0.397 e. The number of nitrogens with zero attached hydrogens (tertiary/aromatic N) is 2. The van der Waals surface area contributed by atoms with Crippen LogP contribution in [0, 0.1) is 18.3 Å². The molecule has 82 valence electrons. The van der Waals surface area contributed by atoms with Gasteiger partial charge in [0.2, 0.25) is 0 Å². The maximum Gasteiger partial charge on any atom is 0.147 e. The molecule has 0 aromatic carbocycles. The number of pyridine rings is 1. The van der Waals surface area contributed by atoms with Gasteiger partial charge in [-0.25, -0.2) is 4.98 Å². The Labute approximate surface area is 99.4 Å². The topological polar surface area (TPSA) is 71.9 Å². The number of nitrogen functional groups attached to an aromatic ring is 1. The van der Waals surface area contributed by atoms with Crippen LogP contribution >= 0.6 is 24.0 Å². The Balaban J connectivity index is 0.00000196. The molecular formula is C9H11Cl2N3O. The highest BCUT2D eigenvalue weighted by Crippen LogP contribution is 2.25. The van der Waals surface area contributed by atoms with Crippen molar-refractivity contribution in [2.75, 3.05) is 12.8 Å². The van der Waals surface area contributed by atoms with Gasteiger partial charge in [-0.3, -0.25) is 0 Å². The second kappa shape index (κ2) is 5.76. The summed E-state index contributed by atoms with van der Waals surface area (Å²) in [4.78, 5) is 3.95. The van der Waals surface area contributed by atoms with E-state index in [1.165, 1.54) is 7.11 Å². The van der Waals surface area contributed by atoms with Crippen LogP contribution in [0.25, 0.3) is 0 Å². The maximum absolute atomic E-state index is 8.86. The number of ether oxygens (including phenoxy) is 1. The van der Waals surface area contributed by atoms with Crippen molar-refractivity contribution in [3.63, 3.8) is 0 Å². The molecule has 1 rings (SSSR count). The second-order valence-corrected chi connectivity index (χ2v) is 3.16. The number of nitriles is 1. The Morgan fingerprint density at radius 3 is 2.67 bits per heavy atom. The molecule has 0 bridgehead atoms. The van der Waals surface area contributed by atoms with Gasteiger partial charge in [0.1, 0.15) is 11.2 Å². The molecule has 0 saturated carbocycles. The molecule has 1 aromatic heterocycles. The lowest BCUT2D eigenvalue weighted by Crippen LogP contribution is -2.05. The maximum atomic E-state index is 8.86. The van der Waals surface area contributed by atoms with Crippen molar-refractivity contribution in [3.05, 3.63) is 22.0 Å². The number of hydrogen-bond acceptors (Lipinski definition) is 4. The molecule has 0 fully saturated rings. The first-order chi connectivity index (χ1) is 6.61. The van der Waals surface area contributed by atoms with Gasteiger partial charge in [-0.1, -0.05) is 11.6 Å². The highest BCUT2D eigenvalue weighted by molar-refractivity contribution is 6.30. The number of aromatic nitrogens is 1. The SMILES string of the molecule is COCc1c(N)c(C)nc(Cl)c1C#N.Cl. The summed E-state index contributed by atoms with van der Waals surface area (Å²) >= 11 is 5.80. The molecule has 0 aliphatic rings. The van der Waals surface area contributed by atoms with Gasteiger partial charge in [0.05, 0.1) is 23.6 Å². The highest BCUT2D eigenvalue weighted by Gasteiger charge is 2.14. The number of hydrogen-bond donors (Lipinski definition) is 1. The third-order valence-electron chi connectivity index (χ3n) is 1.89. The molecular weight excluding hydrogens is 237 g/mol. The van der Waals surface area contributed by atoms with Crippen molar-refractivity contribution < 1.29 is 4.74 Å². The normalized spacial score (nSPS) is 9.20. The van der Waals surface area contributed by atoms with Crippen LogP contribution in [-0.4, -0.2) is 12.1 Å². The van der Waals surface area contributed by atoms with Crippen molar-refractivity contribution in [1.82, 2.24) is 4.98 Å². The predicted molar refractivity (Wildman–Crippen MR) is 61.1 cm³/mol. The van der Waals surface area contributed by atoms with Crippen LogP contribution in [0.5, 0.6) is 0 Å². The van der Waals surface area contributed by atoms with Crippen LogP contribution in [0.15, 0.2) is 0 Å². The van der Waals surface area contributed by atoms with Crippen molar-refractivity contribution in [1.29, 1.82) is 5.26 Å². The van der Waals surface area contributed by atoms with E-state index < -0.39 is 0 Å². The van der Waals surface area contributed by atoms with E-state index in [2.05, 4.69) is 4.98 Å². The minimum Gasteiger partial charge on any atom is -0.397 e. The van der Waals surface area contributed by atoms with Crippen molar-refractivity contribution >= 4 is 29.7 Å². The van der Waals surface area contributed by atoms with E-state index in [4.69, 9.17) is 27.3 Å². The van der Waals surface area contributed by atoms with Gasteiger partial charge in [-0.2, -0.15) is 5.26 Å². The average Bonchev–Trinajstić information content (AvgIpc) is 2.14. The summed E-state index contributed by atoms with van der Waals surface area (Å²) in [5, 5.41) is 9.03. The molecule has 0 unspecified atom stereocenters. The highest BCUT2D eigenvalue weighted by atomic mass is 35.5. The summed E-state index contributed by atoms with van der Waals surface area (Å²) in [5.41, 5.74) is 7.73. The van der Waals surface area contributed by atoms with Crippen molar-refractivity contribution in [2.24, 2.45) is 0 Å². The van der Waals surface area contributed by atoms with E-state index in [1.54, 1.807) is 6.92 Å². The van der Waals surface area contributed by atoms with Gasteiger partial charge >= 0.3 is 0 Å². The molecule has 15 heavy (non-hydrogen) atoms. The monoisotopic (exact) mass is 247 g/mol. The summed E-state index contributed by atoms with van der Waals surface area (Å²) < 4.78 is 4.94. The first kappa shape index (κ1) is 14.0. The lowest BCUT2D eigenvalue weighted by Gasteiger charge is -2.10. The average molecular weight is 248 g/mol. The minimum absolute atomic E-state index is 0. The Bertz CT molecular complexity index is 401. The first-order valence-electron chi connectivity index (χ1n) is 3.95. The predicted octanol–water partition coefficient (Wildman–Crippen LogP) is 2.07. The van der Waals surface area contributed by atoms with Crippen LogP contribution in [0.3, 0.4) is 0 Å². The molecule has 0 atom stereocenters. The van der Waals surface area contributed by atoms with Crippen molar-refractivity contribution in [2.45, 2.75) is 13.5 Å². The van der Waals surface area contributed by atoms with Gasteiger partial charge in [0.15, 0.2) is 0 Å². The molecule has 0 aliphatic carbocycles. The number of anilines is 1. The van der Waals surface area contributed by atoms with Crippen LogP contribution in [0.2, 0.25) is 5.15 Å². The standard InChI is InChI=1S/C9H10ClN3O.ClH/c1-5-8(12)7(4-14-2)6(3-11)9(10)13-5;/h4,12H2,1-2H3;1H. The summed E-state index contributed by atoms with van der Waals surface area (Å²) in [5.74, 6) is 0. The lowest BCUT2D eigenvalue weighted by atomic mass is 10.1. The number of methoxy groups -OCH3 is 1. The third kappa shape index (κ3) is 2.72. The van der Waals surface area contributed by atoms with Crippen LogP contribution in [-0.2, 0) is 11.3 Å². The summed E-state index contributed by atoms with van der Waals surface area (Å²) in [6.45, 7) is 2.00.